The summed E-state index contributed by atoms with van der Waals surface area (Å²) in [7, 11) is 3.26. The van der Waals surface area contributed by atoms with Crippen LogP contribution in [0.15, 0.2) is 48.5 Å². The molecule has 26 heavy (non-hydrogen) atoms. The molecule has 2 rings (SSSR count). The van der Waals surface area contributed by atoms with Crippen LogP contribution < -0.4 is 14.8 Å². The van der Waals surface area contributed by atoms with Gasteiger partial charge in [-0.15, -0.1) is 11.8 Å². The number of ether oxygens (including phenoxy) is 2. The lowest BCUT2D eigenvalue weighted by Gasteiger charge is -2.20. The predicted octanol–water partition coefficient (Wildman–Crippen LogP) is 3.36. The summed E-state index contributed by atoms with van der Waals surface area (Å²) in [6, 6.07) is 17.3. The van der Waals surface area contributed by atoms with Crippen LogP contribution in [0.3, 0.4) is 0 Å². The molecule has 136 valence electrons. The second-order valence-electron chi connectivity index (χ2n) is 5.60. The Bertz CT molecular complexity index is 739. The van der Waals surface area contributed by atoms with Gasteiger partial charge in [0, 0.05) is 0 Å². The molecule has 0 saturated carbocycles. The third-order valence-electron chi connectivity index (χ3n) is 3.85. The molecule has 0 aliphatic heterocycles. The van der Waals surface area contributed by atoms with Gasteiger partial charge < -0.3 is 14.8 Å². The molecule has 0 fully saturated rings. The maximum absolute atomic E-state index is 12.2. The Morgan fingerprint density at radius 1 is 1.08 bits per heavy atom. The number of rotatable bonds is 9. The van der Waals surface area contributed by atoms with Gasteiger partial charge >= 0.3 is 0 Å². The number of hydrogen-bond acceptors (Lipinski definition) is 5. The first-order chi connectivity index (χ1) is 12.7. The van der Waals surface area contributed by atoms with Crippen molar-refractivity contribution in [1.82, 2.24) is 5.32 Å². The van der Waals surface area contributed by atoms with Crippen LogP contribution >= 0.6 is 11.8 Å². The van der Waals surface area contributed by atoms with Gasteiger partial charge in [-0.25, -0.2) is 0 Å². The molecular weight excluding hydrogens is 348 g/mol. The normalized spacial score (nSPS) is 11.3. The summed E-state index contributed by atoms with van der Waals surface area (Å²) >= 11 is 1.31. The Morgan fingerprint density at radius 2 is 1.65 bits per heavy atom. The topological polar surface area (TPSA) is 71.3 Å². The Labute approximate surface area is 158 Å². The summed E-state index contributed by atoms with van der Waals surface area (Å²) in [5, 5.41) is 11.7. The lowest BCUT2D eigenvalue weighted by atomic mass is 9.98. The fourth-order valence-electron chi connectivity index (χ4n) is 2.51. The number of thioether (sulfide) groups is 1. The third-order valence-corrected chi connectivity index (χ3v) is 4.65. The van der Waals surface area contributed by atoms with Crippen molar-refractivity contribution in [2.24, 2.45) is 0 Å². The van der Waals surface area contributed by atoms with Crippen LogP contribution in [0.25, 0.3) is 0 Å². The standard InChI is InChI=1S/C20H22N2O3S/c1-24-17-7-3-15(4-8-17)13-19(22-20(23)14-26-12-11-21)16-5-9-18(25-2)10-6-16/h3-10,19H,12-14H2,1-2H3,(H,22,23)/t19-/m0/s1. The summed E-state index contributed by atoms with van der Waals surface area (Å²) in [5.74, 6) is 2.06. The first-order valence-electron chi connectivity index (χ1n) is 8.17. The van der Waals surface area contributed by atoms with Gasteiger partial charge in [-0.1, -0.05) is 24.3 Å². The zero-order valence-electron chi connectivity index (χ0n) is 14.9. The number of amides is 1. The van der Waals surface area contributed by atoms with Crippen LogP contribution in [-0.2, 0) is 11.2 Å². The van der Waals surface area contributed by atoms with Crippen LogP contribution in [0.1, 0.15) is 17.2 Å². The van der Waals surface area contributed by atoms with Gasteiger partial charge in [0.15, 0.2) is 0 Å². The van der Waals surface area contributed by atoms with Gasteiger partial charge in [-0.2, -0.15) is 5.26 Å². The zero-order valence-corrected chi connectivity index (χ0v) is 15.7. The van der Waals surface area contributed by atoms with E-state index >= 15 is 0 Å². The fourth-order valence-corrected chi connectivity index (χ4v) is 2.97. The average Bonchev–Trinajstić information content (AvgIpc) is 2.68. The summed E-state index contributed by atoms with van der Waals surface area (Å²) in [6.07, 6.45) is 0.658. The molecule has 0 unspecified atom stereocenters. The number of nitriles is 1. The molecule has 2 aromatic carbocycles. The number of hydrogen-bond donors (Lipinski definition) is 1. The SMILES string of the molecule is COc1ccc(C[C@H](NC(=O)CSCC#N)c2ccc(OC)cc2)cc1. The molecule has 0 heterocycles. The number of carbonyl (C=O) groups excluding carboxylic acids is 1. The molecular formula is C20H22N2O3S. The van der Waals surface area contributed by atoms with E-state index in [0.717, 1.165) is 22.6 Å². The number of nitrogens with zero attached hydrogens (tertiary/aromatic N) is 1. The third kappa shape index (κ3) is 6.01. The van der Waals surface area contributed by atoms with Gasteiger partial charge in [-0.3, -0.25) is 4.79 Å². The summed E-state index contributed by atoms with van der Waals surface area (Å²) in [4.78, 5) is 12.2. The zero-order chi connectivity index (χ0) is 18.8. The van der Waals surface area contributed by atoms with Gasteiger partial charge in [0.1, 0.15) is 11.5 Å². The van der Waals surface area contributed by atoms with E-state index in [-0.39, 0.29) is 17.7 Å². The highest BCUT2D eigenvalue weighted by Gasteiger charge is 2.16. The van der Waals surface area contributed by atoms with E-state index in [1.165, 1.54) is 11.8 Å². The second-order valence-corrected chi connectivity index (χ2v) is 6.58. The smallest absolute Gasteiger partial charge is 0.230 e. The van der Waals surface area contributed by atoms with Crippen molar-refractivity contribution in [1.29, 1.82) is 5.26 Å². The van der Waals surface area contributed by atoms with Crippen molar-refractivity contribution in [2.75, 3.05) is 25.7 Å². The van der Waals surface area contributed by atoms with Crippen molar-refractivity contribution < 1.29 is 14.3 Å². The lowest BCUT2D eigenvalue weighted by molar-refractivity contribution is -0.119. The molecule has 5 nitrogen and oxygen atoms in total. The highest BCUT2D eigenvalue weighted by Crippen LogP contribution is 2.23. The monoisotopic (exact) mass is 370 g/mol. The van der Waals surface area contributed by atoms with Crippen molar-refractivity contribution in [3.63, 3.8) is 0 Å². The Hall–Kier alpha value is -2.65. The molecule has 0 spiro atoms. The first kappa shape index (κ1) is 19.7. The predicted molar refractivity (Wildman–Crippen MR) is 104 cm³/mol. The molecule has 6 heteroatoms. The quantitative estimate of drug-likeness (QED) is 0.685. The fraction of sp³-hybridized carbons (Fsp3) is 0.300. The lowest BCUT2D eigenvalue weighted by Crippen LogP contribution is -2.31. The maximum Gasteiger partial charge on any atom is 0.230 e. The molecule has 2 aromatic rings. The van der Waals surface area contributed by atoms with E-state index in [1.807, 2.05) is 54.6 Å². The van der Waals surface area contributed by atoms with E-state index < -0.39 is 0 Å². The Kier molecular flexibility index (Phi) is 7.84. The molecule has 1 amide bonds. The van der Waals surface area contributed by atoms with Crippen molar-refractivity contribution in [3.8, 4) is 17.6 Å². The minimum absolute atomic E-state index is 0.0837. The van der Waals surface area contributed by atoms with Crippen molar-refractivity contribution >= 4 is 17.7 Å². The Morgan fingerprint density at radius 3 is 2.19 bits per heavy atom. The summed E-state index contributed by atoms with van der Waals surface area (Å²) in [5.41, 5.74) is 2.09. The van der Waals surface area contributed by atoms with E-state index in [9.17, 15) is 4.79 Å². The van der Waals surface area contributed by atoms with Gasteiger partial charge in [0.05, 0.1) is 37.8 Å². The van der Waals surface area contributed by atoms with E-state index in [0.29, 0.717) is 12.2 Å². The van der Waals surface area contributed by atoms with E-state index in [4.69, 9.17) is 14.7 Å². The van der Waals surface area contributed by atoms with Crippen molar-refractivity contribution in [3.05, 3.63) is 59.7 Å². The van der Waals surface area contributed by atoms with Gasteiger partial charge in [0.25, 0.3) is 0 Å². The Balaban J connectivity index is 2.13. The molecule has 1 N–H and O–H groups in total. The highest BCUT2D eigenvalue weighted by atomic mass is 32.2. The number of methoxy groups -OCH3 is 2. The second kappa shape index (κ2) is 10.4. The minimum Gasteiger partial charge on any atom is -0.497 e. The maximum atomic E-state index is 12.2. The molecule has 0 aromatic heterocycles. The number of carbonyl (C=O) groups is 1. The number of benzene rings is 2. The van der Waals surface area contributed by atoms with Gasteiger partial charge in [0.2, 0.25) is 5.91 Å². The molecule has 0 aliphatic carbocycles. The van der Waals surface area contributed by atoms with Crippen LogP contribution in [0.2, 0.25) is 0 Å². The van der Waals surface area contributed by atoms with E-state index in [1.54, 1.807) is 14.2 Å². The molecule has 0 saturated heterocycles. The summed E-state index contributed by atoms with van der Waals surface area (Å²) in [6.45, 7) is 0. The van der Waals surface area contributed by atoms with Crippen LogP contribution in [0, 0.1) is 11.3 Å². The largest absolute Gasteiger partial charge is 0.497 e. The molecule has 0 aliphatic rings. The van der Waals surface area contributed by atoms with E-state index in [2.05, 4.69) is 5.32 Å². The van der Waals surface area contributed by atoms with Crippen LogP contribution in [-0.4, -0.2) is 31.6 Å². The van der Waals surface area contributed by atoms with Crippen LogP contribution in [0.4, 0.5) is 0 Å². The van der Waals surface area contributed by atoms with Crippen molar-refractivity contribution in [2.45, 2.75) is 12.5 Å². The number of nitrogens with one attached hydrogen (secondary N) is 1. The minimum atomic E-state index is -0.163. The molecule has 1 atom stereocenters. The summed E-state index contributed by atoms with van der Waals surface area (Å²) < 4.78 is 10.4. The molecule has 0 bridgehead atoms. The highest BCUT2D eigenvalue weighted by molar-refractivity contribution is 8.00. The van der Waals surface area contributed by atoms with Crippen LogP contribution in [0.5, 0.6) is 11.5 Å². The first-order valence-corrected chi connectivity index (χ1v) is 9.32. The van der Waals surface area contributed by atoms with Gasteiger partial charge in [-0.05, 0) is 41.8 Å². The molecule has 0 radical (unpaired) electrons. The average molecular weight is 370 g/mol.